The Morgan fingerprint density at radius 1 is 1.12 bits per heavy atom. The van der Waals surface area contributed by atoms with E-state index in [1.165, 1.54) is 12.1 Å². The molecule has 128 valence electrons. The van der Waals surface area contributed by atoms with Gasteiger partial charge in [-0.2, -0.15) is 0 Å². The van der Waals surface area contributed by atoms with Crippen LogP contribution < -0.4 is 10.6 Å². The monoisotopic (exact) mass is 408 g/mol. The Labute approximate surface area is 159 Å². The Balaban J connectivity index is 2.18. The number of alkyl halides is 3. The fourth-order valence-electron chi connectivity index (χ4n) is 1.87. The number of benzene rings is 2. The van der Waals surface area contributed by atoms with Crippen molar-refractivity contribution < 1.29 is 9.18 Å². The number of anilines is 1. The number of rotatable bonds is 4. The Kier molecular flexibility index (Phi) is 6.21. The summed E-state index contributed by atoms with van der Waals surface area (Å²) in [6.45, 7) is 1.91. The molecule has 0 saturated heterocycles. The van der Waals surface area contributed by atoms with E-state index >= 15 is 0 Å². The first-order valence-corrected chi connectivity index (χ1v) is 8.34. The quantitative estimate of drug-likeness (QED) is 0.529. The van der Waals surface area contributed by atoms with Crippen molar-refractivity contribution in [3.63, 3.8) is 0 Å². The molecule has 0 aliphatic carbocycles. The molecule has 0 radical (unpaired) electrons. The lowest BCUT2D eigenvalue weighted by Gasteiger charge is -2.27. The van der Waals surface area contributed by atoms with Crippen LogP contribution in [0.5, 0.6) is 0 Å². The summed E-state index contributed by atoms with van der Waals surface area (Å²) in [5, 5.41) is 5.31. The van der Waals surface area contributed by atoms with Crippen molar-refractivity contribution in [3.05, 3.63) is 64.4 Å². The second-order valence-corrected chi connectivity index (χ2v) is 7.86. The molecule has 0 fully saturated rings. The molecule has 2 N–H and O–H groups in total. The van der Waals surface area contributed by atoms with Crippen molar-refractivity contribution in [2.24, 2.45) is 0 Å². The van der Waals surface area contributed by atoms with Crippen molar-refractivity contribution in [2.75, 3.05) is 5.32 Å². The number of hydrogen-bond donors (Lipinski definition) is 2. The molecule has 8 heteroatoms. The largest absolute Gasteiger partial charge is 0.362 e. The Morgan fingerprint density at radius 3 is 2.29 bits per heavy atom. The van der Waals surface area contributed by atoms with Gasteiger partial charge in [0.25, 0.3) is 5.91 Å². The number of aryl methyl sites for hydroxylation is 1. The summed E-state index contributed by atoms with van der Waals surface area (Å²) < 4.78 is 11.7. The van der Waals surface area contributed by atoms with Gasteiger partial charge < -0.3 is 10.6 Å². The molecule has 2 rings (SSSR count). The lowest BCUT2D eigenvalue weighted by Crippen LogP contribution is -2.49. The van der Waals surface area contributed by atoms with Gasteiger partial charge in [0.15, 0.2) is 0 Å². The van der Waals surface area contributed by atoms with Crippen LogP contribution in [0.25, 0.3) is 0 Å². The van der Waals surface area contributed by atoms with Crippen LogP contribution >= 0.6 is 46.4 Å². The molecule has 0 aliphatic rings. The maximum Gasteiger partial charge on any atom is 0.252 e. The van der Waals surface area contributed by atoms with Crippen molar-refractivity contribution in [1.29, 1.82) is 0 Å². The third-order valence-electron chi connectivity index (χ3n) is 3.15. The minimum atomic E-state index is -1.86. The standard InChI is InChI=1S/C16H13Cl4FN2O/c1-9-2-4-10(5-3-9)14(24)23-15(16(18,19)20)22-11-6-7-12(17)13(21)8-11/h2-8,15,22H,1H3,(H,23,24). The van der Waals surface area contributed by atoms with E-state index in [2.05, 4.69) is 10.6 Å². The third-order valence-corrected chi connectivity index (χ3v) is 4.11. The molecule has 0 aromatic heterocycles. The lowest BCUT2D eigenvalue weighted by atomic mass is 10.1. The summed E-state index contributed by atoms with van der Waals surface area (Å²) in [6.07, 6.45) is -1.09. The smallest absolute Gasteiger partial charge is 0.252 e. The van der Waals surface area contributed by atoms with Crippen molar-refractivity contribution in [3.8, 4) is 0 Å². The van der Waals surface area contributed by atoms with Crippen LogP contribution in [0.4, 0.5) is 10.1 Å². The molecule has 0 spiro atoms. The maximum absolute atomic E-state index is 13.5. The number of carbonyl (C=O) groups excluding carboxylic acids is 1. The number of carbonyl (C=O) groups is 1. The highest BCUT2D eigenvalue weighted by Crippen LogP contribution is 2.32. The van der Waals surface area contributed by atoms with E-state index < -0.39 is 21.7 Å². The van der Waals surface area contributed by atoms with Gasteiger partial charge in [-0.05, 0) is 37.3 Å². The summed E-state index contributed by atoms with van der Waals surface area (Å²) in [6, 6.07) is 10.9. The Hall–Kier alpha value is -1.20. The van der Waals surface area contributed by atoms with Gasteiger partial charge in [0.05, 0.1) is 5.02 Å². The maximum atomic E-state index is 13.5. The summed E-state index contributed by atoms with van der Waals surface area (Å²) in [5.74, 6) is -1.07. The van der Waals surface area contributed by atoms with Gasteiger partial charge in [-0.25, -0.2) is 4.39 Å². The number of amides is 1. The summed E-state index contributed by atoms with van der Waals surface area (Å²) in [4.78, 5) is 12.3. The molecule has 0 bridgehead atoms. The summed E-state index contributed by atoms with van der Waals surface area (Å²) in [7, 11) is 0. The first-order valence-electron chi connectivity index (χ1n) is 6.82. The number of nitrogens with one attached hydrogen (secondary N) is 2. The number of halogens is 5. The van der Waals surface area contributed by atoms with E-state index in [9.17, 15) is 9.18 Å². The fourth-order valence-corrected chi connectivity index (χ4v) is 2.32. The fraction of sp³-hybridized carbons (Fsp3) is 0.188. The third kappa shape index (κ3) is 5.15. The van der Waals surface area contributed by atoms with E-state index in [-0.39, 0.29) is 5.02 Å². The second-order valence-electron chi connectivity index (χ2n) is 5.09. The van der Waals surface area contributed by atoms with Crippen LogP contribution in [0, 0.1) is 12.7 Å². The molecular formula is C16H13Cl4FN2O. The number of hydrogen-bond acceptors (Lipinski definition) is 2. The van der Waals surface area contributed by atoms with Gasteiger partial charge >= 0.3 is 0 Å². The molecule has 0 heterocycles. The van der Waals surface area contributed by atoms with Gasteiger partial charge in [0, 0.05) is 11.3 Å². The van der Waals surface area contributed by atoms with Crippen LogP contribution in [0.1, 0.15) is 15.9 Å². The molecule has 2 aromatic carbocycles. The zero-order valence-electron chi connectivity index (χ0n) is 12.4. The summed E-state index contributed by atoms with van der Waals surface area (Å²) in [5.41, 5.74) is 1.72. The molecule has 3 nitrogen and oxygen atoms in total. The van der Waals surface area contributed by atoms with Crippen molar-refractivity contribution >= 4 is 58.0 Å². The Morgan fingerprint density at radius 2 is 1.75 bits per heavy atom. The van der Waals surface area contributed by atoms with Crippen LogP contribution in [-0.4, -0.2) is 15.9 Å². The summed E-state index contributed by atoms with van der Waals surface area (Å²) >= 11 is 23.4. The molecule has 1 amide bonds. The first kappa shape index (κ1) is 19.1. The van der Waals surface area contributed by atoms with Crippen LogP contribution in [0.15, 0.2) is 42.5 Å². The van der Waals surface area contributed by atoms with Crippen LogP contribution in [-0.2, 0) is 0 Å². The van der Waals surface area contributed by atoms with E-state index in [4.69, 9.17) is 46.4 Å². The highest BCUT2D eigenvalue weighted by molar-refractivity contribution is 6.68. The average molecular weight is 410 g/mol. The molecular weight excluding hydrogens is 397 g/mol. The zero-order valence-corrected chi connectivity index (χ0v) is 15.4. The molecule has 0 saturated carbocycles. The van der Waals surface area contributed by atoms with Crippen molar-refractivity contribution in [1.82, 2.24) is 5.32 Å². The molecule has 1 unspecified atom stereocenters. The molecule has 1 atom stereocenters. The second kappa shape index (κ2) is 7.79. The van der Waals surface area contributed by atoms with E-state index in [0.717, 1.165) is 11.6 Å². The highest BCUT2D eigenvalue weighted by Gasteiger charge is 2.34. The first-order chi connectivity index (χ1) is 11.2. The van der Waals surface area contributed by atoms with E-state index in [1.54, 1.807) is 24.3 Å². The average Bonchev–Trinajstić information content (AvgIpc) is 2.50. The highest BCUT2D eigenvalue weighted by atomic mass is 35.6. The van der Waals surface area contributed by atoms with Crippen molar-refractivity contribution in [2.45, 2.75) is 16.9 Å². The van der Waals surface area contributed by atoms with E-state index in [1.807, 2.05) is 6.92 Å². The van der Waals surface area contributed by atoms with E-state index in [0.29, 0.717) is 11.3 Å². The lowest BCUT2D eigenvalue weighted by molar-refractivity contribution is 0.0942. The zero-order chi connectivity index (χ0) is 17.9. The Bertz CT molecular complexity index is 732. The normalized spacial score (nSPS) is 12.6. The van der Waals surface area contributed by atoms with Gasteiger partial charge in [0.2, 0.25) is 3.79 Å². The minimum absolute atomic E-state index is 0.0327. The minimum Gasteiger partial charge on any atom is -0.362 e. The van der Waals surface area contributed by atoms with Gasteiger partial charge in [-0.15, -0.1) is 0 Å². The molecule has 24 heavy (non-hydrogen) atoms. The van der Waals surface area contributed by atoms with Crippen LogP contribution in [0.3, 0.4) is 0 Å². The van der Waals surface area contributed by atoms with Gasteiger partial charge in [-0.3, -0.25) is 4.79 Å². The molecule has 0 aliphatic heterocycles. The predicted octanol–water partition coefficient (Wildman–Crippen LogP) is 5.33. The van der Waals surface area contributed by atoms with Crippen LogP contribution in [0.2, 0.25) is 5.02 Å². The molecule has 2 aromatic rings. The van der Waals surface area contributed by atoms with Gasteiger partial charge in [0.1, 0.15) is 12.0 Å². The topological polar surface area (TPSA) is 41.1 Å². The SMILES string of the molecule is Cc1ccc(C(=O)NC(Nc2ccc(Cl)c(F)c2)C(Cl)(Cl)Cl)cc1. The van der Waals surface area contributed by atoms with Gasteiger partial charge in [-0.1, -0.05) is 64.1 Å². The predicted molar refractivity (Wildman–Crippen MR) is 97.8 cm³/mol.